The number of halogens is 1. The average Bonchev–Trinajstić information content (AvgIpc) is 2.80. The molecule has 1 N–H and O–H groups in total. The molecule has 0 radical (unpaired) electrons. The van der Waals surface area contributed by atoms with Gasteiger partial charge in [-0.15, -0.1) is 0 Å². The van der Waals surface area contributed by atoms with E-state index in [1.54, 1.807) is 18.3 Å². The van der Waals surface area contributed by atoms with E-state index in [9.17, 15) is 9.18 Å². The molecule has 0 bridgehead atoms. The van der Waals surface area contributed by atoms with Gasteiger partial charge >= 0.3 is 0 Å². The van der Waals surface area contributed by atoms with Crippen molar-refractivity contribution >= 4 is 5.91 Å². The summed E-state index contributed by atoms with van der Waals surface area (Å²) in [5, 5.41) is 3.03. The van der Waals surface area contributed by atoms with Crippen molar-refractivity contribution in [2.24, 2.45) is 0 Å². The maximum absolute atomic E-state index is 14.2. The largest absolute Gasteiger partial charge is 0.362 e. The molecule has 2 aromatic carbocycles. The van der Waals surface area contributed by atoms with Gasteiger partial charge in [0.15, 0.2) is 5.60 Å². The fourth-order valence-corrected chi connectivity index (χ4v) is 3.92. The van der Waals surface area contributed by atoms with Crippen molar-refractivity contribution in [1.82, 2.24) is 15.2 Å². The molecule has 0 saturated carbocycles. The summed E-state index contributed by atoms with van der Waals surface area (Å²) in [6.07, 6.45) is 2.06. The molecule has 1 aliphatic rings. The molecule has 1 saturated heterocycles. The molecular formula is C25H26FN3O2. The zero-order valence-corrected chi connectivity index (χ0v) is 17.3. The van der Waals surface area contributed by atoms with Crippen molar-refractivity contribution in [3.05, 3.63) is 102 Å². The molecule has 31 heavy (non-hydrogen) atoms. The molecule has 1 atom stereocenters. The van der Waals surface area contributed by atoms with Crippen LogP contribution >= 0.6 is 0 Å². The van der Waals surface area contributed by atoms with E-state index in [2.05, 4.69) is 15.2 Å². The van der Waals surface area contributed by atoms with Crippen LogP contribution < -0.4 is 5.32 Å². The minimum Gasteiger partial charge on any atom is -0.362 e. The zero-order valence-electron chi connectivity index (χ0n) is 17.3. The van der Waals surface area contributed by atoms with Gasteiger partial charge in [0.25, 0.3) is 5.91 Å². The Morgan fingerprint density at radius 1 is 1.06 bits per heavy atom. The van der Waals surface area contributed by atoms with E-state index in [0.717, 1.165) is 11.3 Å². The molecule has 1 fully saturated rings. The van der Waals surface area contributed by atoms with E-state index < -0.39 is 5.60 Å². The number of carbonyl (C=O) groups excluding carboxylic acids is 1. The number of pyridine rings is 1. The topological polar surface area (TPSA) is 54.5 Å². The molecular weight excluding hydrogens is 393 g/mol. The highest BCUT2D eigenvalue weighted by Crippen LogP contribution is 2.25. The second kappa shape index (κ2) is 9.81. The maximum atomic E-state index is 14.2. The third-order valence-corrected chi connectivity index (χ3v) is 5.52. The fraction of sp³-hybridized carbons (Fsp3) is 0.280. The van der Waals surface area contributed by atoms with Gasteiger partial charge in [-0.3, -0.25) is 14.7 Å². The van der Waals surface area contributed by atoms with Crippen molar-refractivity contribution in [2.75, 3.05) is 19.7 Å². The van der Waals surface area contributed by atoms with Crippen LogP contribution in [0.15, 0.2) is 79.0 Å². The average molecular weight is 420 g/mol. The van der Waals surface area contributed by atoms with Crippen molar-refractivity contribution in [2.45, 2.75) is 25.1 Å². The second-order valence-electron chi connectivity index (χ2n) is 7.81. The van der Waals surface area contributed by atoms with Crippen LogP contribution in [0, 0.1) is 5.82 Å². The lowest BCUT2D eigenvalue weighted by Crippen LogP contribution is -2.60. The third kappa shape index (κ3) is 5.34. The van der Waals surface area contributed by atoms with Crippen LogP contribution in [0.2, 0.25) is 0 Å². The molecule has 0 unspecified atom stereocenters. The van der Waals surface area contributed by atoms with Crippen molar-refractivity contribution in [1.29, 1.82) is 0 Å². The van der Waals surface area contributed by atoms with Gasteiger partial charge in [0.05, 0.1) is 6.61 Å². The van der Waals surface area contributed by atoms with Gasteiger partial charge < -0.3 is 10.1 Å². The Bertz CT molecular complexity index is 1000. The number of ether oxygens (including phenoxy) is 1. The van der Waals surface area contributed by atoms with Gasteiger partial charge in [0.1, 0.15) is 5.82 Å². The monoisotopic (exact) mass is 419 g/mol. The number of morpholine rings is 1. The van der Waals surface area contributed by atoms with Crippen molar-refractivity contribution < 1.29 is 13.9 Å². The SMILES string of the molecule is O=C(NCc1ccccc1)[C@@]1(Cc2ccccn2)CN(Cc2ccccc2F)CCO1. The van der Waals surface area contributed by atoms with Crippen LogP contribution in [0.4, 0.5) is 4.39 Å². The Hall–Kier alpha value is -3.09. The number of hydrogen-bond donors (Lipinski definition) is 1. The van der Waals surface area contributed by atoms with Crippen LogP contribution in [0.5, 0.6) is 0 Å². The van der Waals surface area contributed by atoms with E-state index in [4.69, 9.17) is 4.74 Å². The smallest absolute Gasteiger partial charge is 0.254 e. The highest BCUT2D eigenvalue weighted by molar-refractivity contribution is 5.86. The molecule has 160 valence electrons. The molecule has 3 aromatic rings. The van der Waals surface area contributed by atoms with Crippen molar-refractivity contribution in [3.8, 4) is 0 Å². The van der Waals surface area contributed by atoms with Gasteiger partial charge in [0, 0.05) is 50.1 Å². The quantitative estimate of drug-likeness (QED) is 0.638. The molecule has 0 aliphatic carbocycles. The number of rotatable bonds is 7. The summed E-state index contributed by atoms with van der Waals surface area (Å²) >= 11 is 0. The van der Waals surface area contributed by atoms with E-state index in [1.807, 2.05) is 54.6 Å². The highest BCUT2D eigenvalue weighted by atomic mass is 19.1. The third-order valence-electron chi connectivity index (χ3n) is 5.52. The molecule has 0 spiro atoms. The van der Waals surface area contributed by atoms with Gasteiger partial charge in [-0.1, -0.05) is 54.6 Å². The number of nitrogens with zero attached hydrogens (tertiary/aromatic N) is 2. The molecule has 5 nitrogen and oxygen atoms in total. The predicted molar refractivity (Wildman–Crippen MR) is 117 cm³/mol. The number of hydrogen-bond acceptors (Lipinski definition) is 4. The first-order valence-electron chi connectivity index (χ1n) is 10.5. The molecule has 2 heterocycles. The lowest BCUT2D eigenvalue weighted by molar-refractivity contribution is -0.161. The normalized spacial score (nSPS) is 19.1. The summed E-state index contributed by atoms with van der Waals surface area (Å²) in [7, 11) is 0. The van der Waals surface area contributed by atoms with Crippen LogP contribution in [0.25, 0.3) is 0 Å². The highest BCUT2D eigenvalue weighted by Gasteiger charge is 2.44. The van der Waals surface area contributed by atoms with Gasteiger partial charge in [-0.05, 0) is 23.8 Å². The van der Waals surface area contributed by atoms with E-state index in [0.29, 0.717) is 44.8 Å². The predicted octanol–water partition coefficient (Wildman–Crippen LogP) is 3.35. The van der Waals surface area contributed by atoms with Crippen LogP contribution in [0.3, 0.4) is 0 Å². The molecule has 1 amide bonds. The summed E-state index contributed by atoms with van der Waals surface area (Å²) < 4.78 is 20.3. The number of aromatic nitrogens is 1. The summed E-state index contributed by atoms with van der Waals surface area (Å²) in [5.41, 5.74) is 1.32. The number of benzene rings is 2. The fourth-order valence-electron chi connectivity index (χ4n) is 3.92. The molecule has 6 heteroatoms. The van der Waals surface area contributed by atoms with Gasteiger partial charge in [-0.2, -0.15) is 0 Å². The first kappa shape index (κ1) is 21.2. The summed E-state index contributed by atoms with van der Waals surface area (Å²) in [6, 6.07) is 22.2. The Labute approximate surface area is 181 Å². The van der Waals surface area contributed by atoms with Crippen molar-refractivity contribution in [3.63, 3.8) is 0 Å². The Morgan fingerprint density at radius 3 is 2.61 bits per heavy atom. The molecule has 4 rings (SSSR count). The van der Waals surface area contributed by atoms with Crippen LogP contribution in [-0.4, -0.2) is 41.1 Å². The van der Waals surface area contributed by atoms with E-state index in [1.165, 1.54) is 6.07 Å². The standard InChI is InChI=1S/C25H26FN3O2/c26-23-12-5-4-10-21(23)18-29-14-15-31-25(19-29,16-22-11-6-7-13-27-22)24(30)28-17-20-8-2-1-3-9-20/h1-13H,14-19H2,(H,28,30)/t25-/m1/s1. The minimum absolute atomic E-state index is 0.180. The van der Waals surface area contributed by atoms with Crippen LogP contribution in [-0.2, 0) is 29.0 Å². The summed E-state index contributed by atoms with van der Waals surface area (Å²) in [4.78, 5) is 19.9. The lowest BCUT2D eigenvalue weighted by atomic mass is 9.93. The number of carbonyl (C=O) groups is 1. The minimum atomic E-state index is -1.09. The second-order valence-corrected chi connectivity index (χ2v) is 7.81. The number of nitrogens with one attached hydrogen (secondary N) is 1. The number of amides is 1. The summed E-state index contributed by atoms with van der Waals surface area (Å²) in [6.45, 7) is 2.22. The summed E-state index contributed by atoms with van der Waals surface area (Å²) in [5.74, 6) is -0.418. The lowest BCUT2D eigenvalue weighted by Gasteiger charge is -2.41. The molecule has 1 aromatic heterocycles. The Balaban J connectivity index is 1.54. The van der Waals surface area contributed by atoms with Gasteiger partial charge in [0.2, 0.25) is 0 Å². The Kier molecular flexibility index (Phi) is 6.70. The van der Waals surface area contributed by atoms with Gasteiger partial charge in [-0.25, -0.2) is 4.39 Å². The molecule has 1 aliphatic heterocycles. The first-order chi connectivity index (χ1) is 15.1. The van der Waals surface area contributed by atoms with E-state index >= 15 is 0 Å². The van der Waals surface area contributed by atoms with Crippen LogP contribution in [0.1, 0.15) is 16.8 Å². The first-order valence-corrected chi connectivity index (χ1v) is 10.5. The Morgan fingerprint density at radius 2 is 1.84 bits per heavy atom. The zero-order chi connectivity index (χ0) is 21.5. The van der Waals surface area contributed by atoms with E-state index in [-0.39, 0.29) is 11.7 Å². The maximum Gasteiger partial charge on any atom is 0.254 e.